The summed E-state index contributed by atoms with van der Waals surface area (Å²) in [6.45, 7) is 4.69. The lowest BCUT2D eigenvalue weighted by Gasteiger charge is -2.26. The average Bonchev–Trinajstić information content (AvgIpc) is 2.80. The normalized spacial score (nSPS) is 13.5. The van der Waals surface area contributed by atoms with E-state index in [-0.39, 0.29) is 31.0 Å². The summed E-state index contributed by atoms with van der Waals surface area (Å²) in [5.41, 5.74) is 8.80. The molecule has 19 nitrogen and oxygen atoms in total. The van der Waals surface area contributed by atoms with E-state index in [0.29, 0.717) is 94.7 Å². The fraction of sp³-hybridized carbons (Fsp3) is 0.219. The van der Waals surface area contributed by atoms with E-state index in [1.165, 1.54) is 0 Å². The first-order valence-corrected chi connectivity index (χ1v) is 26.9. The Hall–Kier alpha value is -10.2. The minimum Gasteiger partial charge on any atom is -0.461 e. The Morgan fingerprint density at radius 3 is 1.63 bits per heavy atom. The third kappa shape index (κ3) is 12.3. The van der Waals surface area contributed by atoms with Crippen molar-refractivity contribution in [1.29, 1.82) is 10.5 Å². The molecular weight excluding hydrogens is 1050 g/mol. The van der Waals surface area contributed by atoms with E-state index in [1.54, 1.807) is 94.3 Å². The van der Waals surface area contributed by atoms with Crippen LogP contribution in [0, 0.1) is 34.5 Å². The Balaban J connectivity index is 0.000000186. The molecule has 0 radical (unpaired) electrons. The lowest BCUT2D eigenvalue weighted by molar-refractivity contribution is -0.118. The van der Waals surface area contributed by atoms with Crippen LogP contribution in [-0.2, 0) is 36.6 Å². The molecule has 19 heteroatoms. The minimum atomic E-state index is -1.61. The predicted molar refractivity (Wildman–Crippen MR) is 307 cm³/mol. The summed E-state index contributed by atoms with van der Waals surface area (Å²) in [5.74, 6) is -6.93. The maximum absolute atomic E-state index is 13.7. The highest BCUT2D eigenvalue weighted by molar-refractivity contribution is 6.17. The van der Waals surface area contributed by atoms with Crippen LogP contribution in [0.2, 0.25) is 0 Å². The summed E-state index contributed by atoms with van der Waals surface area (Å²) in [6, 6.07) is 50.3. The Kier molecular flexibility index (Phi) is 17.2. The smallest absolute Gasteiger partial charge is 0.338 e. The zero-order chi connectivity index (χ0) is 58.0. The monoisotopic (exact) mass is 1110 g/mol. The Labute approximate surface area is 478 Å². The highest BCUT2D eigenvalue weighted by atomic mass is 16.5. The number of hydrogen-bond donors (Lipinski definition) is 2. The molecule has 83 heavy (non-hydrogen) atoms. The van der Waals surface area contributed by atoms with E-state index < -0.39 is 47.2 Å². The molecule has 1 aliphatic heterocycles. The Morgan fingerprint density at radius 1 is 0.590 bits per heavy atom. The number of nitrogens with one attached hydrogen (secondary N) is 2. The number of hydrogen-bond acceptors (Lipinski definition) is 15. The van der Waals surface area contributed by atoms with E-state index in [2.05, 4.69) is 25.7 Å². The summed E-state index contributed by atoms with van der Waals surface area (Å²) < 4.78 is 19.7. The summed E-state index contributed by atoms with van der Waals surface area (Å²) in [4.78, 5) is 83.6. The van der Waals surface area contributed by atoms with Crippen LogP contribution in [0.4, 0.5) is 11.4 Å². The number of aromatic nitrogens is 4. The van der Waals surface area contributed by atoms with Gasteiger partial charge in [0.15, 0.2) is 11.8 Å². The third-order valence-electron chi connectivity index (χ3n) is 14.3. The summed E-state index contributed by atoms with van der Waals surface area (Å²) in [5, 5.41) is 34.3. The number of nitriles is 2. The summed E-state index contributed by atoms with van der Waals surface area (Å²) in [7, 11) is 3.79. The van der Waals surface area contributed by atoms with Crippen molar-refractivity contribution in [2.45, 2.75) is 12.8 Å². The van der Waals surface area contributed by atoms with Crippen LogP contribution in [-0.4, -0.2) is 131 Å². The minimum absolute atomic E-state index is 0.0248. The molecule has 3 aliphatic rings. The molecule has 2 atom stereocenters. The van der Waals surface area contributed by atoms with Gasteiger partial charge in [-0.15, -0.1) is 0 Å². The van der Waals surface area contributed by atoms with Crippen molar-refractivity contribution in [3.63, 3.8) is 0 Å². The van der Waals surface area contributed by atoms with Gasteiger partial charge in [0.25, 0.3) is 0 Å². The SMILES string of the molecule is CN(C)CCOC(=O)c1cccc2c1Cc1c(C(=O)C(C#N)C(=O)Nc3ccccc3)nn(-c3ccccc3)c1-2.N#CC(C(=O)Nc1ccccc1)C(=O)c1nn(-c2ccccc2)c2c1Cc1ccc(C(=O)OCCN3CCOCC3)cc1-2. The number of anilines is 2. The number of amides is 2. The fourth-order valence-corrected chi connectivity index (χ4v) is 10.1. The van der Waals surface area contributed by atoms with Crippen LogP contribution >= 0.6 is 0 Å². The van der Waals surface area contributed by atoms with Crippen LogP contribution < -0.4 is 10.6 Å². The van der Waals surface area contributed by atoms with E-state index in [1.807, 2.05) is 104 Å². The van der Waals surface area contributed by atoms with Crippen LogP contribution in [0.25, 0.3) is 33.9 Å². The molecular formula is C64H56N10O9. The Morgan fingerprint density at radius 2 is 1.10 bits per heavy atom. The van der Waals surface area contributed by atoms with Gasteiger partial charge in [0.1, 0.15) is 24.6 Å². The lowest BCUT2D eigenvalue weighted by Crippen LogP contribution is -2.38. The number of carbonyl (C=O) groups is 6. The molecule has 11 rings (SSSR count). The maximum atomic E-state index is 13.7. The van der Waals surface area contributed by atoms with Gasteiger partial charge in [-0.3, -0.25) is 24.1 Å². The topological polar surface area (TPSA) is 244 Å². The molecule has 416 valence electrons. The van der Waals surface area contributed by atoms with E-state index in [9.17, 15) is 39.3 Å². The molecule has 0 saturated carbocycles. The lowest BCUT2D eigenvalue weighted by atomic mass is 9.98. The number of carbonyl (C=O) groups excluding carboxylic acids is 6. The maximum Gasteiger partial charge on any atom is 0.338 e. The summed E-state index contributed by atoms with van der Waals surface area (Å²) in [6.07, 6.45) is 0.597. The number of rotatable bonds is 18. The van der Waals surface area contributed by atoms with Crippen molar-refractivity contribution >= 4 is 46.7 Å². The summed E-state index contributed by atoms with van der Waals surface area (Å²) >= 11 is 0. The van der Waals surface area contributed by atoms with Crippen molar-refractivity contribution < 1.29 is 43.0 Å². The van der Waals surface area contributed by atoms with Gasteiger partial charge < -0.3 is 29.7 Å². The second kappa shape index (κ2) is 25.5. The van der Waals surface area contributed by atoms with Gasteiger partial charge in [-0.25, -0.2) is 19.0 Å². The first-order chi connectivity index (χ1) is 40.4. The first-order valence-electron chi connectivity index (χ1n) is 26.9. The number of para-hydroxylation sites is 4. The molecule has 3 heterocycles. The molecule has 1 saturated heterocycles. The molecule has 2 unspecified atom stereocenters. The molecule has 1 fully saturated rings. The zero-order valence-electron chi connectivity index (χ0n) is 45.5. The molecule has 8 aromatic rings. The largest absolute Gasteiger partial charge is 0.461 e. The van der Waals surface area contributed by atoms with E-state index in [4.69, 9.17) is 14.2 Å². The number of nitrogens with zero attached hydrogens (tertiary/aromatic N) is 8. The van der Waals surface area contributed by atoms with E-state index >= 15 is 0 Å². The number of fused-ring (bicyclic) bond motifs is 6. The second-order valence-electron chi connectivity index (χ2n) is 20.0. The number of ketones is 2. The zero-order valence-corrected chi connectivity index (χ0v) is 45.5. The van der Waals surface area contributed by atoms with Crippen LogP contribution in [0.1, 0.15) is 63.9 Å². The predicted octanol–water partition coefficient (Wildman–Crippen LogP) is 8.02. The fourth-order valence-electron chi connectivity index (χ4n) is 10.1. The van der Waals surface area contributed by atoms with Crippen molar-refractivity contribution in [1.82, 2.24) is 29.4 Å². The highest BCUT2D eigenvalue weighted by Gasteiger charge is 2.39. The van der Waals surface area contributed by atoms with Gasteiger partial charge in [-0.1, -0.05) is 91.0 Å². The number of morpholine rings is 1. The quantitative estimate of drug-likeness (QED) is 0.0469. The van der Waals surface area contributed by atoms with E-state index in [0.717, 1.165) is 29.8 Å². The van der Waals surface area contributed by atoms with Crippen molar-refractivity contribution in [3.05, 3.63) is 202 Å². The van der Waals surface area contributed by atoms with Crippen molar-refractivity contribution in [2.24, 2.45) is 11.8 Å². The second-order valence-corrected chi connectivity index (χ2v) is 20.0. The highest BCUT2D eigenvalue weighted by Crippen LogP contribution is 2.43. The molecule has 6 aromatic carbocycles. The van der Waals surface area contributed by atoms with Gasteiger partial charge in [0.2, 0.25) is 23.4 Å². The average molecular weight is 1110 g/mol. The van der Waals surface area contributed by atoms with Crippen LogP contribution in [0.15, 0.2) is 158 Å². The molecule has 0 bridgehead atoms. The van der Waals surface area contributed by atoms with Crippen molar-refractivity contribution in [2.75, 3.05) is 77.3 Å². The van der Waals surface area contributed by atoms with Gasteiger partial charge in [0, 0.05) is 72.6 Å². The molecule has 2 aliphatic carbocycles. The molecule has 2 amide bonds. The number of esters is 2. The van der Waals surface area contributed by atoms with Crippen molar-refractivity contribution in [3.8, 4) is 46.0 Å². The first kappa shape index (κ1) is 56.1. The third-order valence-corrected chi connectivity index (χ3v) is 14.3. The number of benzene rings is 6. The van der Waals surface area contributed by atoms with Gasteiger partial charge >= 0.3 is 11.9 Å². The standard InChI is InChI=1S/C33H29N5O5.C31H27N5O4/c34-21-28(32(40)35-24-7-3-1-4-8-24)31(39)29-27-19-22-11-12-23(33(41)43-18-15-37-13-16-42-17-14-37)20-26(22)30(27)38(36-29)25-9-5-2-6-10-25;1-35(2)16-17-40-31(39)23-15-9-14-22-24(23)18-25-27(34-36(28(22)25)21-12-7-4-8-13-21)29(37)26(19-32)30(38)33-20-10-5-3-6-11-20/h1-12,20,28H,13-19H2,(H,35,40);3-15,26H,16-18H2,1-2H3,(H,33,38). The molecule has 2 N–H and O–H groups in total. The van der Waals surface area contributed by atoms with Crippen LogP contribution in [0.5, 0.6) is 0 Å². The molecule has 2 aromatic heterocycles. The van der Waals surface area contributed by atoms with Crippen LogP contribution in [0.3, 0.4) is 0 Å². The van der Waals surface area contributed by atoms with Gasteiger partial charge in [-0.2, -0.15) is 20.7 Å². The van der Waals surface area contributed by atoms with Gasteiger partial charge in [0.05, 0.1) is 59.2 Å². The number of Topliss-reactive ketones (excluding diaryl/α,β-unsaturated/α-hetero) is 2. The Bertz CT molecular complexity index is 3830. The molecule has 0 spiro atoms. The number of likely N-dealkylation sites (N-methyl/N-ethyl adjacent to an activating group) is 1. The van der Waals surface area contributed by atoms with Gasteiger partial charge in [-0.05, 0) is 92.0 Å². The number of ether oxygens (including phenoxy) is 3.